The van der Waals surface area contributed by atoms with Gasteiger partial charge in [0.2, 0.25) is 5.91 Å². The van der Waals surface area contributed by atoms with Crippen molar-refractivity contribution in [3.8, 4) is 0 Å². The van der Waals surface area contributed by atoms with E-state index in [2.05, 4.69) is 17.6 Å². The van der Waals surface area contributed by atoms with E-state index in [-0.39, 0.29) is 24.8 Å². The predicted molar refractivity (Wildman–Crippen MR) is 91.5 cm³/mol. The number of rotatable bonds is 9. The van der Waals surface area contributed by atoms with Crippen LogP contribution in [0.5, 0.6) is 0 Å². The lowest BCUT2D eigenvalue weighted by Crippen LogP contribution is -2.45. The van der Waals surface area contributed by atoms with Gasteiger partial charge in [-0.3, -0.25) is 4.79 Å². The zero-order valence-corrected chi connectivity index (χ0v) is 15.7. The Morgan fingerprint density at radius 3 is 2.25 bits per heavy atom. The van der Waals surface area contributed by atoms with E-state index in [0.717, 1.165) is 19.3 Å². The molecule has 0 fully saturated rings. The summed E-state index contributed by atoms with van der Waals surface area (Å²) in [4.78, 5) is 35.5. The first kappa shape index (κ1) is 22.2. The SMILES string of the molecule is CCCC[C@H](C)C(=O)N[C@@H](CCNC(=O)OC(C)(C)C)C(=O)OC. The summed E-state index contributed by atoms with van der Waals surface area (Å²) in [5, 5.41) is 5.26. The van der Waals surface area contributed by atoms with Crippen molar-refractivity contribution in [1.82, 2.24) is 10.6 Å². The van der Waals surface area contributed by atoms with Crippen molar-refractivity contribution in [2.24, 2.45) is 5.92 Å². The molecule has 2 amide bonds. The fraction of sp³-hybridized carbons (Fsp3) is 0.824. The zero-order chi connectivity index (χ0) is 18.8. The zero-order valence-electron chi connectivity index (χ0n) is 15.7. The minimum Gasteiger partial charge on any atom is -0.467 e. The predicted octanol–water partition coefficient (Wildman–Crippen LogP) is 2.39. The molecule has 7 heteroatoms. The third-order valence-corrected chi connectivity index (χ3v) is 3.34. The van der Waals surface area contributed by atoms with E-state index in [1.165, 1.54) is 7.11 Å². The first-order valence-electron chi connectivity index (χ1n) is 8.45. The standard InChI is InChI=1S/C17H32N2O5/c1-7-8-9-12(2)14(20)19-13(15(21)23-6)10-11-18-16(22)24-17(3,4)5/h12-13H,7-11H2,1-6H3,(H,18,22)(H,19,20)/t12-,13-/m0/s1. The second kappa shape index (κ2) is 10.9. The van der Waals surface area contributed by atoms with Crippen molar-refractivity contribution in [2.45, 2.75) is 71.9 Å². The summed E-state index contributed by atoms with van der Waals surface area (Å²) in [6.45, 7) is 9.38. The first-order chi connectivity index (χ1) is 11.1. The van der Waals surface area contributed by atoms with Crippen LogP contribution >= 0.6 is 0 Å². The van der Waals surface area contributed by atoms with Crippen LogP contribution in [0.3, 0.4) is 0 Å². The summed E-state index contributed by atoms with van der Waals surface area (Å²) in [6, 6.07) is -0.790. The van der Waals surface area contributed by atoms with Crippen molar-refractivity contribution in [2.75, 3.05) is 13.7 Å². The average Bonchev–Trinajstić information content (AvgIpc) is 2.48. The Labute approximate surface area is 144 Å². The van der Waals surface area contributed by atoms with E-state index >= 15 is 0 Å². The van der Waals surface area contributed by atoms with Crippen molar-refractivity contribution < 1.29 is 23.9 Å². The highest BCUT2D eigenvalue weighted by Gasteiger charge is 2.24. The van der Waals surface area contributed by atoms with Gasteiger partial charge in [0, 0.05) is 12.5 Å². The number of methoxy groups -OCH3 is 1. The summed E-state index contributed by atoms with van der Waals surface area (Å²) < 4.78 is 9.83. The van der Waals surface area contributed by atoms with Gasteiger partial charge < -0.3 is 20.1 Å². The molecular formula is C17H32N2O5. The normalized spacial score (nSPS) is 13.6. The van der Waals surface area contributed by atoms with Gasteiger partial charge >= 0.3 is 12.1 Å². The Kier molecular flexibility index (Phi) is 10.1. The topological polar surface area (TPSA) is 93.7 Å². The molecule has 0 aromatic rings. The Bertz CT molecular complexity index is 418. The molecule has 0 heterocycles. The lowest BCUT2D eigenvalue weighted by Gasteiger charge is -2.21. The van der Waals surface area contributed by atoms with Gasteiger partial charge in [-0.2, -0.15) is 0 Å². The number of ether oxygens (including phenoxy) is 2. The number of hydrogen-bond donors (Lipinski definition) is 2. The highest BCUT2D eigenvalue weighted by Crippen LogP contribution is 2.09. The second-order valence-electron chi connectivity index (χ2n) is 6.84. The van der Waals surface area contributed by atoms with Gasteiger partial charge in [-0.1, -0.05) is 26.7 Å². The van der Waals surface area contributed by atoms with Crippen LogP contribution in [0.2, 0.25) is 0 Å². The molecular weight excluding hydrogens is 312 g/mol. The molecule has 0 rings (SSSR count). The maximum absolute atomic E-state index is 12.1. The van der Waals surface area contributed by atoms with E-state index in [9.17, 15) is 14.4 Å². The Morgan fingerprint density at radius 2 is 1.75 bits per heavy atom. The molecule has 0 aliphatic carbocycles. The van der Waals surface area contributed by atoms with Gasteiger partial charge in [0.1, 0.15) is 11.6 Å². The Hall–Kier alpha value is -1.79. The third kappa shape index (κ3) is 10.1. The number of nitrogens with one attached hydrogen (secondary N) is 2. The molecule has 7 nitrogen and oxygen atoms in total. The smallest absolute Gasteiger partial charge is 0.407 e. The van der Waals surface area contributed by atoms with Gasteiger partial charge in [0.05, 0.1) is 7.11 Å². The molecule has 0 aliphatic rings. The third-order valence-electron chi connectivity index (χ3n) is 3.34. The summed E-state index contributed by atoms with van der Waals surface area (Å²) in [5.74, 6) is -0.885. The van der Waals surface area contributed by atoms with Crippen LogP contribution in [0.4, 0.5) is 4.79 Å². The summed E-state index contributed by atoms with van der Waals surface area (Å²) >= 11 is 0. The average molecular weight is 344 g/mol. The lowest BCUT2D eigenvalue weighted by molar-refractivity contribution is -0.145. The Morgan fingerprint density at radius 1 is 1.12 bits per heavy atom. The van der Waals surface area contributed by atoms with E-state index < -0.39 is 23.7 Å². The molecule has 0 saturated carbocycles. The van der Waals surface area contributed by atoms with Crippen LogP contribution in [-0.2, 0) is 19.1 Å². The number of alkyl carbamates (subject to hydrolysis) is 1. The van der Waals surface area contributed by atoms with Gasteiger partial charge in [-0.25, -0.2) is 9.59 Å². The largest absolute Gasteiger partial charge is 0.467 e. The van der Waals surface area contributed by atoms with Crippen molar-refractivity contribution >= 4 is 18.0 Å². The van der Waals surface area contributed by atoms with Crippen molar-refractivity contribution in [3.05, 3.63) is 0 Å². The summed E-state index contributed by atoms with van der Waals surface area (Å²) in [6.07, 6.45) is 2.41. The number of carbonyl (C=O) groups is 3. The minimum absolute atomic E-state index is 0.170. The number of carbonyl (C=O) groups excluding carboxylic acids is 3. The maximum atomic E-state index is 12.1. The molecule has 0 unspecified atom stereocenters. The van der Waals surface area contributed by atoms with Crippen LogP contribution in [-0.4, -0.2) is 43.3 Å². The molecule has 0 radical (unpaired) electrons. The minimum atomic E-state index is -0.790. The molecule has 0 saturated heterocycles. The molecule has 2 N–H and O–H groups in total. The molecule has 0 aliphatic heterocycles. The molecule has 0 aromatic carbocycles. The first-order valence-corrected chi connectivity index (χ1v) is 8.45. The molecule has 0 aromatic heterocycles. The number of unbranched alkanes of at least 4 members (excludes halogenated alkanes) is 1. The molecule has 24 heavy (non-hydrogen) atoms. The number of hydrogen-bond acceptors (Lipinski definition) is 5. The van der Waals surface area contributed by atoms with Crippen molar-refractivity contribution in [1.29, 1.82) is 0 Å². The lowest BCUT2D eigenvalue weighted by atomic mass is 10.0. The van der Waals surface area contributed by atoms with Crippen molar-refractivity contribution in [3.63, 3.8) is 0 Å². The van der Waals surface area contributed by atoms with Crippen LogP contribution in [0.15, 0.2) is 0 Å². The van der Waals surface area contributed by atoms with Crippen LogP contribution in [0, 0.1) is 5.92 Å². The number of esters is 1. The molecule has 0 bridgehead atoms. The fourth-order valence-electron chi connectivity index (χ4n) is 1.98. The highest BCUT2D eigenvalue weighted by atomic mass is 16.6. The highest BCUT2D eigenvalue weighted by molar-refractivity contribution is 5.85. The van der Waals surface area contributed by atoms with Gasteiger partial charge in [0.15, 0.2) is 0 Å². The summed E-state index contributed by atoms with van der Waals surface area (Å²) in [5.41, 5.74) is -0.589. The molecule has 0 spiro atoms. The van der Waals surface area contributed by atoms with Crippen LogP contribution in [0.25, 0.3) is 0 Å². The molecule has 140 valence electrons. The van der Waals surface area contributed by atoms with E-state index in [1.807, 2.05) is 6.92 Å². The van der Waals surface area contributed by atoms with Crippen LogP contribution < -0.4 is 10.6 Å². The van der Waals surface area contributed by atoms with Gasteiger partial charge in [-0.15, -0.1) is 0 Å². The fourth-order valence-corrected chi connectivity index (χ4v) is 1.98. The van der Waals surface area contributed by atoms with Crippen LogP contribution in [0.1, 0.15) is 60.3 Å². The monoisotopic (exact) mass is 344 g/mol. The van der Waals surface area contributed by atoms with Gasteiger partial charge in [0.25, 0.3) is 0 Å². The quantitative estimate of drug-likeness (QED) is 0.626. The van der Waals surface area contributed by atoms with E-state index in [4.69, 9.17) is 9.47 Å². The second-order valence-corrected chi connectivity index (χ2v) is 6.84. The maximum Gasteiger partial charge on any atom is 0.407 e. The van der Waals surface area contributed by atoms with E-state index in [0.29, 0.717) is 0 Å². The molecule has 2 atom stereocenters. The number of amides is 2. The Balaban J connectivity index is 4.45. The van der Waals surface area contributed by atoms with Gasteiger partial charge in [-0.05, 0) is 33.6 Å². The summed E-state index contributed by atoms with van der Waals surface area (Å²) in [7, 11) is 1.27. The van der Waals surface area contributed by atoms with E-state index in [1.54, 1.807) is 20.8 Å².